The minimum absolute atomic E-state index is 0.278. The van der Waals surface area contributed by atoms with E-state index in [1.807, 2.05) is 6.92 Å². The van der Waals surface area contributed by atoms with Gasteiger partial charge in [0.1, 0.15) is 4.90 Å². The molecule has 1 fully saturated rings. The van der Waals surface area contributed by atoms with E-state index in [2.05, 4.69) is 10.3 Å². The van der Waals surface area contributed by atoms with Crippen LogP contribution < -0.4 is 5.32 Å². The maximum Gasteiger partial charge on any atom is 0.244 e. The Morgan fingerprint density at radius 3 is 2.95 bits per heavy atom. The van der Waals surface area contributed by atoms with E-state index in [1.54, 1.807) is 22.6 Å². The van der Waals surface area contributed by atoms with E-state index >= 15 is 0 Å². The van der Waals surface area contributed by atoms with Crippen LogP contribution in [0.2, 0.25) is 0 Å². The van der Waals surface area contributed by atoms with E-state index in [0.29, 0.717) is 19.0 Å². The Morgan fingerprint density at radius 2 is 2.37 bits per heavy atom. The molecule has 6 heteroatoms. The zero-order valence-electron chi connectivity index (χ0n) is 11.2. The molecule has 1 N–H and O–H groups in total. The minimum atomic E-state index is -3.41. The van der Waals surface area contributed by atoms with Gasteiger partial charge in [0.05, 0.1) is 0 Å². The van der Waals surface area contributed by atoms with Crippen molar-refractivity contribution in [3.63, 3.8) is 0 Å². The molecule has 0 radical (unpaired) electrons. The standard InChI is InChI=1S/C13H21N3O2S/c1-2-16(11-12-5-3-7-14-9-12)19(17,18)13-6-4-8-15-10-13/h4,6,8,10,12,14H,2-3,5,7,9,11H2,1H3. The molecule has 0 aliphatic carbocycles. The van der Waals surface area contributed by atoms with Crippen LogP contribution in [0.25, 0.3) is 0 Å². The molecule has 1 aromatic rings. The van der Waals surface area contributed by atoms with Gasteiger partial charge >= 0.3 is 0 Å². The van der Waals surface area contributed by atoms with Crippen molar-refractivity contribution in [1.29, 1.82) is 0 Å². The van der Waals surface area contributed by atoms with Gasteiger partial charge in [-0.2, -0.15) is 4.31 Å². The predicted octanol–water partition coefficient (Wildman–Crippen LogP) is 1.09. The van der Waals surface area contributed by atoms with Crippen molar-refractivity contribution in [3.8, 4) is 0 Å². The van der Waals surface area contributed by atoms with E-state index in [1.165, 1.54) is 6.20 Å². The molecule has 0 bridgehead atoms. The molecular weight excluding hydrogens is 262 g/mol. The summed E-state index contributed by atoms with van der Waals surface area (Å²) < 4.78 is 26.6. The van der Waals surface area contributed by atoms with Crippen molar-refractivity contribution < 1.29 is 8.42 Å². The third-order valence-corrected chi connectivity index (χ3v) is 5.41. The summed E-state index contributed by atoms with van der Waals surface area (Å²) in [6.07, 6.45) is 5.21. The van der Waals surface area contributed by atoms with Crippen LogP contribution in [0.15, 0.2) is 29.4 Å². The number of sulfonamides is 1. The van der Waals surface area contributed by atoms with Crippen LogP contribution in [0.1, 0.15) is 19.8 Å². The van der Waals surface area contributed by atoms with Crippen molar-refractivity contribution in [1.82, 2.24) is 14.6 Å². The smallest absolute Gasteiger partial charge is 0.244 e. The number of hydrogen-bond donors (Lipinski definition) is 1. The molecule has 0 aromatic carbocycles. The van der Waals surface area contributed by atoms with Crippen LogP contribution in [0.5, 0.6) is 0 Å². The number of piperidine rings is 1. The van der Waals surface area contributed by atoms with Gasteiger partial charge in [0.2, 0.25) is 10.0 Å². The van der Waals surface area contributed by atoms with E-state index in [-0.39, 0.29) is 4.90 Å². The van der Waals surface area contributed by atoms with Gasteiger partial charge in [0.15, 0.2) is 0 Å². The van der Waals surface area contributed by atoms with Gasteiger partial charge in [-0.15, -0.1) is 0 Å². The van der Waals surface area contributed by atoms with Crippen LogP contribution in [0.4, 0.5) is 0 Å². The Balaban J connectivity index is 2.12. The zero-order valence-corrected chi connectivity index (χ0v) is 12.1. The number of hydrogen-bond acceptors (Lipinski definition) is 4. The molecule has 1 saturated heterocycles. The van der Waals surface area contributed by atoms with E-state index in [9.17, 15) is 8.42 Å². The Labute approximate surface area is 115 Å². The topological polar surface area (TPSA) is 62.3 Å². The minimum Gasteiger partial charge on any atom is -0.316 e. The van der Waals surface area contributed by atoms with Crippen molar-refractivity contribution in [3.05, 3.63) is 24.5 Å². The molecule has 0 saturated carbocycles. The molecule has 1 aromatic heterocycles. The molecule has 0 spiro atoms. The second-order valence-corrected chi connectivity index (χ2v) is 6.79. The highest BCUT2D eigenvalue weighted by atomic mass is 32.2. The summed E-state index contributed by atoms with van der Waals surface area (Å²) in [5, 5.41) is 3.32. The largest absolute Gasteiger partial charge is 0.316 e. The summed E-state index contributed by atoms with van der Waals surface area (Å²) in [5.74, 6) is 0.403. The fraction of sp³-hybridized carbons (Fsp3) is 0.615. The molecule has 2 heterocycles. The summed E-state index contributed by atoms with van der Waals surface area (Å²) in [5.41, 5.74) is 0. The van der Waals surface area contributed by atoms with Crippen LogP contribution >= 0.6 is 0 Å². The third-order valence-electron chi connectivity index (χ3n) is 3.49. The average Bonchev–Trinajstić information content (AvgIpc) is 2.46. The average molecular weight is 283 g/mol. The van der Waals surface area contributed by atoms with Crippen molar-refractivity contribution in [2.45, 2.75) is 24.7 Å². The van der Waals surface area contributed by atoms with Crippen LogP contribution in [-0.4, -0.2) is 43.9 Å². The second kappa shape index (κ2) is 6.45. The van der Waals surface area contributed by atoms with Gasteiger partial charge in [0, 0.05) is 25.5 Å². The van der Waals surface area contributed by atoms with Crippen LogP contribution in [0, 0.1) is 5.92 Å². The molecule has 1 aliphatic rings. The van der Waals surface area contributed by atoms with Crippen LogP contribution in [0.3, 0.4) is 0 Å². The first kappa shape index (κ1) is 14.4. The zero-order chi connectivity index (χ0) is 13.7. The van der Waals surface area contributed by atoms with Gasteiger partial charge in [-0.25, -0.2) is 8.42 Å². The molecular formula is C13H21N3O2S. The normalized spacial score (nSPS) is 20.6. The Hall–Kier alpha value is -0.980. The Morgan fingerprint density at radius 1 is 1.53 bits per heavy atom. The molecule has 2 rings (SSSR count). The predicted molar refractivity (Wildman–Crippen MR) is 74.3 cm³/mol. The second-order valence-electron chi connectivity index (χ2n) is 4.86. The molecule has 5 nitrogen and oxygen atoms in total. The van der Waals surface area contributed by atoms with E-state index in [4.69, 9.17) is 0 Å². The number of nitrogens with zero attached hydrogens (tertiary/aromatic N) is 2. The highest BCUT2D eigenvalue weighted by Gasteiger charge is 2.26. The number of rotatable bonds is 5. The summed E-state index contributed by atoms with van der Waals surface area (Å²) >= 11 is 0. The van der Waals surface area contributed by atoms with Gasteiger partial charge in [-0.1, -0.05) is 6.92 Å². The van der Waals surface area contributed by atoms with Gasteiger partial charge in [-0.3, -0.25) is 4.98 Å². The summed E-state index contributed by atoms with van der Waals surface area (Å²) in [7, 11) is -3.41. The highest BCUT2D eigenvalue weighted by Crippen LogP contribution is 2.18. The molecule has 1 unspecified atom stereocenters. The number of nitrogens with one attached hydrogen (secondary N) is 1. The Bertz CT molecular complexity index is 484. The van der Waals surface area contributed by atoms with Gasteiger partial charge in [-0.05, 0) is 44.0 Å². The molecule has 19 heavy (non-hydrogen) atoms. The summed E-state index contributed by atoms with van der Waals surface area (Å²) in [6, 6.07) is 3.26. The monoisotopic (exact) mass is 283 g/mol. The lowest BCUT2D eigenvalue weighted by atomic mass is 10.00. The highest BCUT2D eigenvalue weighted by molar-refractivity contribution is 7.89. The first-order chi connectivity index (χ1) is 9.14. The summed E-state index contributed by atoms with van der Waals surface area (Å²) in [6.45, 7) is 4.90. The molecule has 0 amide bonds. The lowest BCUT2D eigenvalue weighted by Gasteiger charge is -2.28. The first-order valence-electron chi connectivity index (χ1n) is 6.75. The van der Waals surface area contributed by atoms with Crippen molar-refractivity contribution in [2.24, 2.45) is 5.92 Å². The fourth-order valence-corrected chi connectivity index (χ4v) is 3.90. The summed E-state index contributed by atoms with van der Waals surface area (Å²) in [4.78, 5) is 4.17. The first-order valence-corrected chi connectivity index (χ1v) is 8.19. The molecule has 1 atom stereocenters. The van der Waals surface area contributed by atoms with Crippen molar-refractivity contribution in [2.75, 3.05) is 26.2 Å². The SMILES string of the molecule is CCN(CC1CCCNC1)S(=O)(=O)c1cccnc1. The Kier molecular flexibility index (Phi) is 4.90. The van der Waals surface area contributed by atoms with Crippen molar-refractivity contribution >= 4 is 10.0 Å². The van der Waals surface area contributed by atoms with E-state index < -0.39 is 10.0 Å². The maximum absolute atomic E-state index is 12.5. The lowest BCUT2D eigenvalue weighted by Crippen LogP contribution is -2.40. The lowest BCUT2D eigenvalue weighted by molar-refractivity contribution is 0.298. The molecule has 1 aliphatic heterocycles. The quantitative estimate of drug-likeness (QED) is 0.879. The van der Waals surface area contributed by atoms with Crippen LogP contribution in [-0.2, 0) is 10.0 Å². The van der Waals surface area contributed by atoms with E-state index in [0.717, 1.165) is 25.9 Å². The van der Waals surface area contributed by atoms with Gasteiger partial charge in [0.25, 0.3) is 0 Å². The third kappa shape index (κ3) is 3.52. The molecule has 106 valence electrons. The van der Waals surface area contributed by atoms with Gasteiger partial charge < -0.3 is 5.32 Å². The maximum atomic E-state index is 12.5. The fourth-order valence-electron chi connectivity index (χ4n) is 2.41. The number of pyridine rings is 1. The number of aromatic nitrogens is 1.